The molecule has 1 saturated heterocycles. The molecule has 0 bridgehead atoms. The monoisotopic (exact) mass is 241 g/mol. The lowest BCUT2D eigenvalue weighted by molar-refractivity contribution is -0.129. The van der Waals surface area contributed by atoms with Gasteiger partial charge in [-0.05, 0) is 18.9 Å². The number of aryl methyl sites for hydroxylation is 1. The summed E-state index contributed by atoms with van der Waals surface area (Å²) in [5.74, 6) is 0.660. The van der Waals surface area contributed by atoms with Crippen molar-refractivity contribution in [1.82, 2.24) is 14.7 Å². The van der Waals surface area contributed by atoms with Crippen molar-refractivity contribution in [3.63, 3.8) is 0 Å². The van der Waals surface area contributed by atoms with Gasteiger partial charge in [0, 0.05) is 37.9 Å². The summed E-state index contributed by atoms with van der Waals surface area (Å²) in [6.07, 6.45) is 3.83. The van der Waals surface area contributed by atoms with Crippen LogP contribution in [0.5, 0.6) is 0 Å². The highest BCUT2D eigenvalue weighted by Gasteiger charge is 2.24. The molecule has 5 heteroatoms. The van der Waals surface area contributed by atoms with E-state index in [4.69, 9.17) is 11.6 Å². The lowest BCUT2D eigenvalue weighted by Crippen LogP contribution is -2.38. The molecule has 2 heterocycles. The first kappa shape index (κ1) is 11.5. The van der Waals surface area contributed by atoms with E-state index in [1.807, 2.05) is 22.8 Å². The number of nitrogens with zero attached hydrogens (tertiary/aromatic N) is 3. The number of alkyl halides is 1. The Morgan fingerprint density at radius 2 is 2.25 bits per heavy atom. The largest absolute Gasteiger partial charge is 0.342 e. The summed E-state index contributed by atoms with van der Waals surface area (Å²) in [5.41, 5.74) is 1.26. The van der Waals surface area contributed by atoms with Gasteiger partial charge in [0.1, 0.15) is 5.88 Å². The number of carbonyl (C=O) groups excluding carboxylic acids is 1. The fourth-order valence-corrected chi connectivity index (χ4v) is 2.46. The quantitative estimate of drug-likeness (QED) is 0.734. The fraction of sp³-hybridized carbons (Fsp3) is 0.636. The molecule has 0 unspecified atom stereocenters. The number of halogens is 1. The van der Waals surface area contributed by atoms with Crippen molar-refractivity contribution in [3.8, 4) is 0 Å². The molecule has 88 valence electrons. The molecule has 1 aliphatic heterocycles. The highest BCUT2D eigenvalue weighted by Crippen LogP contribution is 2.27. The van der Waals surface area contributed by atoms with Gasteiger partial charge >= 0.3 is 0 Å². The summed E-state index contributed by atoms with van der Waals surface area (Å²) in [4.78, 5) is 13.3. The maximum Gasteiger partial charge on any atom is 0.237 e. The molecular formula is C11H16ClN3O. The van der Waals surface area contributed by atoms with Crippen LogP contribution in [0.25, 0.3) is 0 Å². The standard InChI is InChI=1S/C11H16ClN3O/c1-14-10(2-5-13-14)9-3-6-15(7-4-9)11(16)8-12/h2,5,9H,3-4,6-8H2,1H3. The normalized spacial score (nSPS) is 17.8. The predicted octanol–water partition coefficient (Wildman–Crippen LogP) is 1.36. The van der Waals surface area contributed by atoms with Crippen molar-refractivity contribution < 1.29 is 4.79 Å². The minimum Gasteiger partial charge on any atom is -0.342 e. The zero-order chi connectivity index (χ0) is 11.5. The molecule has 0 radical (unpaired) electrons. The molecule has 0 spiro atoms. The number of hydrogen-bond acceptors (Lipinski definition) is 2. The number of amides is 1. The number of likely N-dealkylation sites (tertiary alicyclic amines) is 1. The molecule has 1 aromatic heterocycles. The van der Waals surface area contributed by atoms with Crippen molar-refractivity contribution in [2.75, 3.05) is 19.0 Å². The minimum atomic E-state index is 0.0464. The van der Waals surface area contributed by atoms with Crippen LogP contribution in [-0.2, 0) is 11.8 Å². The van der Waals surface area contributed by atoms with E-state index in [1.54, 1.807) is 0 Å². The van der Waals surface area contributed by atoms with Crippen molar-refractivity contribution in [3.05, 3.63) is 18.0 Å². The minimum absolute atomic E-state index is 0.0464. The van der Waals surface area contributed by atoms with Crippen LogP contribution in [0, 0.1) is 0 Å². The molecule has 1 fully saturated rings. The average molecular weight is 242 g/mol. The molecule has 1 aliphatic rings. The van der Waals surface area contributed by atoms with Crippen LogP contribution in [0.4, 0.5) is 0 Å². The van der Waals surface area contributed by atoms with Gasteiger partial charge in [-0.15, -0.1) is 11.6 Å². The molecule has 1 amide bonds. The van der Waals surface area contributed by atoms with Gasteiger partial charge in [0.25, 0.3) is 0 Å². The van der Waals surface area contributed by atoms with Gasteiger partial charge in [0.05, 0.1) is 0 Å². The van der Waals surface area contributed by atoms with Crippen LogP contribution in [0.1, 0.15) is 24.5 Å². The zero-order valence-electron chi connectivity index (χ0n) is 9.40. The Hall–Kier alpha value is -1.03. The molecule has 0 N–H and O–H groups in total. The van der Waals surface area contributed by atoms with E-state index in [-0.39, 0.29) is 11.8 Å². The molecular weight excluding hydrogens is 226 g/mol. The summed E-state index contributed by atoms with van der Waals surface area (Å²) in [5, 5.41) is 4.18. The predicted molar refractivity (Wildman–Crippen MR) is 62.5 cm³/mol. The smallest absolute Gasteiger partial charge is 0.237 e. The van der Waals surface area contributed by atoms with E-state index in [0.29, 0.717) is 5.92 Å². The van der Waals surface area contributed by atoms with Gasteiger partial charge in [-0.25, -0.2) is 0 Å². The third-order valence-electron chi connectivity index (χ3n) is 3.24. The lowest BCUT2D eigenvalue weighted by Gasteiger charge is -2.31. The van der Waals surface area contributed by atoms with Crippen molar-refractivity contribution in [2.24, 2.45) is 7.05 Å². The van der Waals surface area contributed by atoms with Crippen molar-refractivity contribution in [2.45, 2.75) is 18.8 Å². The third-order valence-corrected chi connectivity index (χ3v) is 3.47. The van der Waals surface area contributed by atoms with Gasteiger partial charge in [0.15, 0.2) is 0 Å². The molecule has 0 aliphatic carbocycles. The first-order valence-electron chi connectivity index (χ1n) is 5.54. The number of aromatic nitrogens is 2. The maximum atomic E-state index is 11.4. The number of hydrogen-bond donors (Lipinski definition) is 0. The van der Waals surface area contributed by atoms with E-state index < -0.39 is 0 Å². The van der Waals surface area contributed by atoms with Gasteiger partial charge in [-0.1, -0.05) is 0 Å². The van der Waals surface area contributed by atoms with Gasteiger partial charge in [0.2, 0.25) is 5.91 Å². The second-order valence-electron chi connectivity index (χ2n) is 4.17. The highest BCUT2D eigenvalue weighted by molar-refractivity contribution is 6.27. The number of rotatable bonds is 2. The Kier molecular flexibility index (Phi) is 3.49. The second-order valence-corrected chi connectivity index (χ2v) is 4.44. The van der Waals surface area contributed by atoms with E-state index in [0.717, 1.165) is 25.9 Å². The molecule has 0 atom stereocenters. The van der Waals surface area contributed by atoms with Crippen LogP contribution < -0.4 is 0 Å². The summed E-state index contributed by atoms with van der Waals surface area (Å²) in [6.45, 7) is 1.61. The molecule has 2 rings (SSSR count). The van der Waals surface area contributed by atoms with Crippen LogP contribution in [0.2, 0.25) is 0 Å². The SMILES string of the molecule is Cn1nccc1C1CCN(C(=O)CCl)CC1. The van der Waals surface area contributed by atoms with Gasteiger partial charge in [-0.2, -0.15) is 5.10 Å². The second kappa shape index (κ2) is 4.87. The van der Waals surface area contributed by atoms with Gasteiger partial charge in [-0.3, -0.25) is 9.48 Å². The summed E-state index contributed by atoms with van der Waals surface area (Å²) < 4.78 is 1.92. The Morgan fingerprint density at radius 3 is 2.75 bits per heavy atom. The van der Waals surface area contributed by atoms with Crippen LogP contribution in [0.3, 0.4) is 0 Å². The third kappa shape index (κ3) is 2.21. The van der Waals surface area contributed by atoms with E-state index in [9.17, 15) is 4.79 Å². The molecule has 0 aromatic carbocycles. The maximum absolute atomic E-state index is 11.4. The number of carbonyl (C=O) groups is 1. The van der Waals surface area contributed by atoms with E-state index in [1.165, 1.54) is 5.69 Å². The summed E-state index contributed by atoms with van der Waals surface area (Å²) in [6, 6.07) is 2.06. The molecule has 1 aromatic rings. The topological polar surface area (TPSA) is 38.1 Å². The Bertz CT molecular complexity index is 369. The van der Waals surface area contributed by atoms with Crippen LogP contribution >= 0.6 is 11.6 Å². The molecule has 4 nitrogen and oxygen atoms in total. The van der Waals surface area contributed by atoms with Crippen molar-refractivity contribution in [1.29, 1.82) is 0 Å². The van der Waals surface area contributed by atoms with Gasteiger partial charge < -0.3 is 4.90 Å². The summed E-state index contributed by atoms with van der Waals surface area (Å²) in [7, 11) is 1.96. The average Bonchev–Trinajstić information content (AvgIpc) is 2.75. The number of piperidine rings is 1. The Labute approximate surface area is 100 Å². The van der Waals surface area contributed by atoms with Crippen LogP contribution in [0.15, 0.2) is 12.3 Å². The van der Waals surface area contributed by atoms with E-state index >= 15 is 0 Å². The first-order valence-corrected chi connectivity index (χ1v) is 6.07. The Balaban J connectivity index is 1.95. The molecule has 16 heavy (non-hydrogen) atoms. The van der Waals surface area contributed by atoms with E-state index in [2.05, 4.69) is 11.2 Å². The van der Waals surface area contributed by atoms with Crippen molar-refractivity contribution >= 4 is 17.5 Å². The zero-order valence-corrected chi connectivity index (χ0v) is 10.2. The Morgan fingerprint density at radius 1 is 1.56 bits per heavy atom. The first-order chi connectivity index (χ1) is 7.72. The summed E-state index contributed by atoms with van der Waals surface area (Å²) >= 11 is 5.54. The lowest BCUT2D eigenvalue weighted by atomic mass is 9.93. The fourth-order valence-electron chi connectivity index (χ4n) is 2.29. The highest BCUT2D eigenvalue weighted by atomic mass is 35.5. The molecule has 0 saturated carbocycles. The van der Waals surface area contributed by atoms with Crippen LogP contribution in [-0.4, -0.2) is 39.6 Å².